The lowest BCUT2D eigenvalue weighted by Gasteiger charge is -2.26. The number of fused-ring (bicyclic) bond motifs is 1. The van der Waals surface area contributed by atoms with E-state index in [4.69, 9.17) is 21.1 Å². The molecule has 176 valence electrons. The molecule has 0 fully saturated rings. The summed E-state index contributed by atoms with van der Waals surface area (Å²) in [5.74, 6) is 0.113. The number of benzene rings is 2. The maximum absolute atomic E-state index is 12.8. The van der Waals surface area contributed by atoms with Crippen LogP contribution < -0.4 is 14.8 Å². The highest BCUT2D eigenvalue weighted by atomic mass is 35.5. The van der Waals surface area contributed by atoms with E-state index in [2.05, 4.69) is 16.9 Å². The predicted molar refractivity (Wildman–Crippen MR) is 120 cm³/mol. The molecule has 2 heterocycles. The first-order chi connectivity index (χ1) is 16.1. The Morgan fingerprint density at radius 1 is 1.21 bits per heavy atom. The molecule has 1 amide bonds. The third-order valence-corrected chi connectivity index (χ3v) is 5.47. The number of allylic oxidation sites excluding steroid dienone is 1. The van der Waals surface area contributed by atoms with Crippen molar-refractivity contribution in [2.24, 2.45) is 0 Å². The van der Waals surface area contributed by atoms with E-state index in [1.54, 1.807) is 12.1 Å². The normalized spacial score (nSPS) is 15.1. The molecule has 1 atom stereocenters. The molecule has 6 nitrogen and oxygen atoms in total. The van der Waals surface area contributed by atoms with Crippen LogP contribution in [0.4, 0.5) is 19.0 Å². The lowest BCUT2D eigenvalue weighted by molar-refractivity contribution is -0.137. The number of amides is 1. The van der Waals surface area contributed by atoms with Crippen molar-refractivity contribution in [1.29, 1.82) is 0 Å². The molecular formula is C24H18ClF3N2O4. The number of alkyl halides is 3. The van der Waals surface area contributed by atoms with Gasteiger partial charge in [0.15, 0.2) is 0 Å². The van der Waals surface area contributed by atoms with Gasteiger partial charge in [-0.05, 0) is 48.9 Å². The van der Waals surface area contributed by atoms with Crippen LogP contribution in [0.15, 0.2) is 67.1 Å². The van der Waals surface area contributed by atoms with E-state index in [1.165, 1.54) is 24.3 Å². The molecule has 0 radical (unpaired) electrons. The van der Waals surface area contributed by atoms with E-state index in [9.17, 15) is 23.1 Å². The molecule has 3 aromatic rings. The molecule has 10 heteroatoms. The highest BCUT2D eigenvalue weighted by molar-refractivity contribution is 6.32. The van der Waals surface area contributed by atoms with Gasteiger partial charge in [-0.25, -0.2) is 4.98 Å². The number of nitrogens with one attached hydrogen (secondary N) is 1. The monoisotopic (exact) mass is 490 g/mol. The molecule has 0 bridgehead atoms. The van der Waals surface area contributed by atoms with Gasteiger partial charge in [0.2, 0.25) is 0 Å². The van der Waals surface area contributed by atoms with Crippen LogP contribution in [-0.4, -0.2) is 22.6 Å². The molecule has 0 spiro atoms. The minimum atomic E-state index is -4.54. The largest absolute Gasteiger partial charge is 0.512 e. The van der Waals surface area contributed by atoms with Crippen LogP contribution in [0.2, 0.25) is 5.02 Å². The molecule has 1 aliphatic heterocycles. The van der Waals surface area contributed by atoms with Gasteiger partial charge in [0, 0.05) is 29.3 Å². The van der Waals surface area contributed by atoms with Gasteiger partial charge in [0.05, 0.1) is 23.0 Å². The Kier molecular flexibility index (Phi) is 6.39. The maximum atomic E-state index is 12.8. The van der Waals surface area contributed by atoms with Crippen molar-refractivity contribution < 1.29 is 32.5 Å². The summed E-state index contributed by atoms with van der Waals surface area (Å²) in [6, 6.07) is 10.8. The van der Waals surface area contributed by atoms with E-state index in [0.717, 1.165) is 18.3 Å². The number of rotatable bonds is 5. The number of hydrogen-bond acceptors (Lipinski definition) is 5. The van der Waals surface area contributed by atoms with Crippen LogP contribution >= 0.6 is 11.6 Å². The Hall–Kier alpha value is -3.72. The smallest absolute Gasteiger partial charge is 0.416 e. The fourth-order valence-corrected chi connectivity index (χ4v) is 3.69. The number of aliphatic hydroxyl groups excluding tert-OH is 1. The van der Waals surface area contributed by atoms with E-state index < -0.39 is 17.6 Å². The Labute approximate surface area is 197 Å². The van der Waals surface area contributed by atoms with Gasteiger partial charge >= 0.3 is 6.18 Å². The zero-order chi connectivity index (χ0) is 24.5. The van der Waals surface area contributed by atoms with Gasteiger partial charge < -0.3 is 19.9 Å². The number of carbonyl (C=O) groups is 1. The molecular weight excluding hydrogens is 473 g/mol. The van der Waals surface area contributed by atoms with Gasteiger partial charge in [-0.15, -0.1) is 0 Å². The first-order valence-corrected chi connectivity index (χ1v) is 10.5. The molecule has 34 heavy (non-hydrogen) atoms. The van der Waals surface area contributed by atoms with Crippen molar-refractivity contribution in [2.45, 2.75) is 18.5 Å². The number of hydrogen-bond donors (Lipinski definition) is 2. The fourth-order valence-electron chi connectivity index (χ4n) is 3.48. The van der Waals surface area contributed by atoms with Gasteiger partial charge in [0.25, 0.3) is 5.91 Å². The summed E-state index contributed by atoms with van der Waals surface area (Å²) in [6.07, 6.45) is -2.99. The second kappa shape index (κ2) is 9.26. The zero-order valence-electron chi connectivity index (χ0n) is 17.5. The molecule has 1 aliphatic rings. The van der Waals surface area contributed by atoms with Crippen LogP contribution in [0.3, 0.4) is 0 Å². The number of carbonyl (C=O) groups excluding carboxylic acids is 1. The highest BCUT2D eigenvalue weighted by Gasteiger charge is 2.31. The number of ether oxygens (including phenoxy) is 2. The number of pyridine rings is 1. The van der Waals surface area contributed by atoms with Gasteiger partial charge in [0.1, 0.15) is 23.1 Å². The summed E-state index contributed by atoms with van der Waals surface area (Å²) in [5.41, 5.74) is -0.0101. The molecule has 1 aromatic heterocycles. The van der Waals surface area contributed by atoms with Crippen molar-refractivity contribution in [3.63, 3.8) is 0 Å². The number of anilines is 1. The average molecular weight is 491 g/mol. The minimum absolute atomic E-state index is 0.0310. The molecule has 0 saturated carbocycles. The second-order valence-electron chi connectivity index (χ2n) is 7.51. The van der Waals surface area contributed by atoms with Crippen LogP contribution in [0, 0.1) is 0 Å². The van der Waals surface area contributed by atoms with Crippen LogP contribution in [0.5, 0.6) is 17.2 Å². The summed E-state index contributed by atoms with van der Waals surface area (Å²) in [6.45, 7) is 4.01. The summed E-state index contributed by atoms with van der Waals surface area (Å²) in [4.78, 5) is 16.2. The number of halogens is 4. The molecule has 1 unspecified atom stereocenters. The minimum Gasteiger partial charge on any atom is -0.512 e. The fraction of sp³-hybridized carbons (Fsp3) is 0.167. The number of nitrogens with zero attached hydrogens (tertiary/aromatic N) is 1. The third kappa shape index (κ3) is 5.09. The highest BCUT2D eigenvalue weighted by Crippen LogP contribution is 2.43. The van der Waals surface area contributed by atoms with E-state index in [0.29, 0.717) is 40.9 Å². The summed E-state index contributed by atoms with van der Waals surface area (Å²) in [7, 11) is 0. The SMILES string of the molecule is C=C(O)C1CCOc2cc(Oc3ccc(C(=O)Nc4cc(C(F)(F)F)ccn4)cc3)c(Cl)cc21. The standard InChI is InChI=1S/C24H18ClF3N2O4/c1-13(31)17-7-9-33-20-12-21(19(25)11-18(17)20)34-16-4-2-14(3-5-16)23(32)30-22-10-15(6-8-29-22)24(26,27)28/h2-6,8,10-12,17,31H,1,7,9H2,(H,29,30,32). The average Bonchev–Trinajstić information content (AvgIpc) is 2.79. The molecule has 0 saturated heterocycles. The van der Waals surface area contributed by atoms with Crippen molar-refractivity contribution in [3.05, 3.63) is 88.8 Å². The van der Waals surface area contributed by atoms with Crippen LogP contribution in [0.25, 0.3) is 0 Å². The Bertz CT molecular complexity index is 1250. The predicted octanol–water partition coefficient (Wildman–Crippen LogP) is 6.74. The van der Waals surface area contributed by atoms with E-state index >= 15 is 0 Å². The molecule has 0 aliphatic carbocycles. The Morgan fingerprint density at radius 2 is 1.94 bits per heavy atom. The van der Waals surface area contributed by atoms with Gasteiger partial charge in [-0.3, -0.25) is 4.79 Å². The Balaban J connectivity index is 1.47. The molecule has 2 N–H and O–H groups in total. The van der Waals surface area contributed by atoms with E-state index in [1.807, 2.05) is 0 Å². The first-order valence-electron chi connectivity index (χ1n) is 10.1. The van der Waals surface area contributed by atoms with Crippen molar-refractivity contribution in [2.75, 3.05) is 11.9 Å². The first kappa shape index (κ1) is 23.4. The van der Waals surface area contributed by atoms with Gasteiger partial charge in [-0.2, -0.15) is 13.2 Å². The summed E-state index contributed by atoms with van der Waals surface area (Å²) < 4.78 is 50.0. The van der Waals surface area contributed by atoms with Crippen LogP contribution in [-0.2, 0) is 6.18 Å². The zero-order valence-corrected chi connectivity index (χ0v) is 18.3. The second-order valence-corrected chi connectivity index (χ2v) is 7.92. The maximum Gasteiger partial charge on any atom is 0.416 e. The summed E-state index contributed by atoms with van der Waals surface area (Å²) >= 11 is 6.35. The lowest BCUT2D eigenvalue weighted by Crippen LogP contribution is -2.15. The molecule has 4 rings (SSSR count). The van der Waals surface area contributed by atoms with Crippen molar-refractivity contribution in [1.82, 2.24) is 4.98 Å². The molecule has 2 aromatic carbocycles. The summed E-state index contributed by atoms with van der Waals surface area (Å²) in [5, 5.41) is 12.5. The topological polar surface area (TPSA) is 80.7 Å². The van der Waals surface area contributed by atoms with Gasteiger partial charge in [-0.1, -0.05) is 18.2 Å². The lowest BCUT2D eigenvalue weighted by atomic mass is 9.92. The number of aromatic nitrogens is 1. The van der Waals surface area contributed by atoms with E-state index in [-0.39, 0.29) is 23.1 Å². The van der Waals surface area contributed by atoms with Crippen molar-refractivity contribution >= 4 is 23.3 Å². The third-order valence-electron chi connectivity index (χ3n) is 5.18. The van der Waals surface area contributed by atoms with Crippen LogP contribution in [0.1, 0.15) is 33.8 Å². The number of aliphatic hydroxyl groups is 1. The van der Waals surface area contributed by atoms with Crippen molar-refractivity contribution in [3.8, 4) is 17.2 Å². The Morgan fingerprint density at radius 3 is 2.62 bits per heavy atom. The quantitative estimate of drug-likeness (QED) is 0.387.